The summed E-state index contributed by atoms with van der Waals surface area (Å²) in [6.07, 6.45) is 3.07. The molecule has 0 unspecified atom stereocenters. The topological polar surface area (TPSA) is 38.1 Å². The molecule has 0 aliphatic heterocycles. The second-order valence-corrected chi connectivity index (χ2v) is 8.47. The molecule has 3 nitrogen and oxygen atoms in total. The average molecular weight is 435 g/mol. The van der Waals surface area contributed by atoms with E-state index in [-0.39, 0.29) is 10.3 Å². The van der Waals surface area contributed by atoms with Gasteiger partial charge >= 0.3 is 0 Å². The van der Waals surface area contributed by atoms with Gasteiger partial charge in [0.2, 0.25) is 0 Å². The maximum absolute atomic E-state index is 13.8. The number of halogens is 3. The summed E-state index contributed by atoms with van der Waals surface area (Å²) in [6.45, 7) is 0. The number of nitrogens with zero attached hydrogens (tertiary/aromatic N) is 1. The van der Waals surface area contributed by atoms with Gasteiger partial charge in [-0.25, -0.2) is 8.78 Å². The lowest BCUT2D eigenvalue weighted by Gasteiger charge is -2.24. The van der Waals surface area contributed by atoms with Crippen LogP contribution in [0.1, 0.15) is 24.0 Å². The van der Waals surface area contributed by atoms with Crippen molar-refractivity contribution in [2.45, 2.75) is 29.6 Å². The summed E-state index contributed by atoms with van der Waals surface area (Å²) in [5, 5.41) is 4.13. The van der Waals surface area contributed by atoms with Crippen molar-refractivity contribution in [2.75, 3.05) is 4.72 Å². The highest BCUT2D eigenvalue weighted by molar-refractivity contribution is 9.10. The van der Waals surface area contributed by atoms with Crippen molar-refractivity contribution >= 4 is 33.7 Å². The van der Waals surface area contributed by atoms with Crippen molar-refractivity contribution in [3.8, 4) is 11.3 Å². The summed E-state index contributed by atoms with van der Waals surface area (Å²) in [5.41, 5.74) is 3.45. The van der Waals surface area contributed by atoms with Crippen molar-refractivity contribution in [1.82, 2.24) is 5.16 Å². The molecule has 5 rings (SSSR count). The minimum Gasteiger partial charge on any atom is -0.354 e. The summed E-state index contributed by atoms with van der Waals surface area (Å²) in [7, 11) is 0. The van der Waals surface area contributed by atoms with Gasteiger partial charge in [0.15, 0.2) is 11.6 Å². The number of aromatic nitrogens is 1. The van der Waals surface area contributed by atoms with Gasteiger partial charge in [0.25, 0.3) is 0 Å². The Morgan fingerprint density at radius 1 is 1.15 bits per heavy atom. The number of benzene rings is 2. The van der Waals surface area contributed by atoms with Gasteiger partial charge < -0.3 is 9.25 Å². The quantitative estimate of drug-likeness (QED) is 0.506. The monoisotopic (exact) mass is 434 g/mol. The third-order valence-electron chi connectivity index (χ3n) is 5.12. The predicted molar refractivity (Wildman–Crippen MR) is 100 cm³/mol. The minimum absolute atomic E-state index is 0.0793. The third-order valence-corrected chi connectivity index (χ3v) is 6.51. The first-order valence-corrected chi connectivity index (χ1v) is 9.84. The zero-order valence-corrected chi connectivity index (χ0v) is 15.9. The molecule has 0 radical (unpaired) electrons. The number of rotatable bonds is 3. The summed E-state index contributed by atoms with van der Waals surface area (Å²) in [6, 6.07) is 10.1. The maximum Gasteiger partial charge on any atom is 0.183 e. The van der Waals surface area contributed by atoms with Crippen LogP contribution in [-0.2, 0) is 11.8 Å². The molecule has 3 aromatic rings. The standard InChI is InChI=1S/C19H13BrF2N2OS/c20-10-4-5-13-11(8-10)16-12(9-19(13)6-7-19)18(23-25-16)24-26-17-14(21)2-1-3-15(17)22/h1-5,8H,6-7,9H2,(H,23,24). The van der Waals surface area contributed by atoms with E-state index < -0.39 is 11.6 Å². The fourth-order valence-corrected chi connectivity index (χ4v) is 4.69. The molecule has 2 aromatic carbocycles. The molecule has 1 spiro atoms. The molecular formula is C19H13BrF2N2OS. The van der Waals surface area contributed by atoms with E-state index in [0.29, 0.717) is 5.82 Å². The molecule has 0 amide bonds. The van der Waals surface area contributed by atoms with E-state index in [9.17, 15) is 8.78 Å². The Balaban J connectivity index is 1.51. The molecule has 0 saturated heterocycles. The SMILES string of the molecule is Fc1cccc(F)c1SNc1noc2c1CC1(CC1)c1ccc(Br)cc1-2. The molecule has 0 atom stereocenters. The van der Waals surface area contributed by atoms with Crippen LogP contribution in [0.5, 0.6) is 0 Å². The summed E-state index contributed by atoms with van der Waals surface area (Å²) < 4.78 is 37.3. The molecule has 2 aliphatic rings. The summed E-state index contributed by atoms with van der Waals surface area (Å²) in [4.78, 5) is -0.0793. The molecule has 1 heterocycles. The van der Waals surface area contributed by atoms with E-state index in [1.54, 1.807) is 0 Å². The van der Waals surface area contributed by atoms with Crippen LogP contribution in [0.15, 0.2) is 50.3 Å². The molecule has 132 valence electrons. The van der Waals surface area contributed by atoms with E-state index in [0.717, 1.165) is 52.6 Å². The van der Waals surface area contributed by atoms with Crippen molar-refractivity contribution < 1.29 is 13.3 Å². The number of hydrogen-bond acceptors (Lipinski definition) is 4. The normalized spacial score (nSPS) is 16.3. The summed E-state index contributed by atoms with van der Waals surface area (Å²) in [5.74, 6) is 0.0566. The first-order chi connectivity index (χ1) is 12.6. The van der Waals surface area contributed by atoms with Crippen LogP contribution in [0.4, 0.5) is 14.6 Å². The molecule has 7 heteroatoms. The highest BCUT2D eigenvalue weighted by Crippen LogP contribution is 2.58. The second kappa shape index (κ2) is 5.82. The lowest BCUT2D eigenvalue weighted by atomic mass is 9.79. The van der Waals surface area contributed by atoms with E-state index in [1.165, 1.54) is 23.8 Å². The Kier molecular flexibility index (Phi) is 3.66. The molecule has 1 N–H and O–H groups in total. The van der Waals surface area contributed by atoms with Gasteiger partial charge in [-0.2, -0.15) is 0 Å². The van der Waals surface area contributed by atoms with Gasteiger partial charge in [-0.05, 0) is 61.0 Å². The van der Waals surface area contributed by atoms with Gasteiger partial charge in [-0.1, -0.05) is 33.2 Å². The Hall–Kier alpha value is -1.86. The number of anilines is 1. The minimum atomic E-state index is -0.604. The van der Waals surface area contributed by atoms with Crippen LogP contribution in [0.25, 0.3) is 11.3 Å². The van der Waals surface area contributed by atoms with Crippen molar-refractivity contribution in [3.63, 3.8) is 0 Å². The third kappa shape index (κ3) is 2.48. The van der Waals surface area contributed by atoms with Crippen LogP contribution >= 0.6 is 27.9 Å². The van der Waals surface area contributed by atoms with Crippen molar-refractivity contribution in [1.29, 1.82) is 0 Å². The Morgan fingerprint density at radius 3 is 2.65 bits per heavy atom. The fourth-order valence-electron chi connectivity index (χ4n) is 3.64. The van der Waals surface area contributed by atoms with Gasteiger partial charge in [0.1, 0.15) is 11.6 Å². The van der Waals surface area contributed by atoms with E-state index >= 15 is 0 Å². The van der Waals surface area contributed by atoms with Gasteiger partial charge in [0.05, 0.1) is 4.90 Å². The molecular weight excluding hydrogens is 422 g/mol. The maximum atomic E-state index is 13.8. The summed E-state index contributed by atoms with van der Waals surface area (Å²) >= 11 is 4.40. The highest BCUT2D eigenvalue weighted by Gasteiger charge is 2.50. The molecule has 1 aromatic heterocycles. The Bertz CT molecular complexity index is 1010. The largest absolute Gasteiger partial charge is 0.354 e. The number of fused-ring (bicyclic) bond motifs is 4. The highest BCUT2D eigenvalue weighted by atomic mass is 79.9. The van der Waals surface area contributed by atoms with Crippen LogP contribution in [-0.4, -0.2) is 5.16 Å². The Morgan fingerprint density at radius 2 is 1.92 bits per heavy atom. The average Bonchev–Trinajstić information content (AvgIpc) is 3.26. The van der Waals surface area contributed by atoms with Gasteiger partial charge in [0, 0.05) is 21.0 Å². The molecule has 2 aliphatic carbocycles. The van der Waals surface area contributed by atoms with E-state index in [2.05, 4.69) is 37.9 Å². The lowest BCUT2D eigenvalue weighted by Crippen LogP contribution is -2.17. The van der Waals surface area contributed by atoms with Gasteiger partial charge in [-0.15, -0.1) is 0 Å². The molecule has 0 bridgehead atoms. The Labute approximate surface area is 161 Å². The molecule has 1 fully saturated rings. The first-order valence-electron chi connectivity index (χ1n) is 8.23. The smallest absolute Gasteiger partial charge is 0.183 e. The number of nitrogens with one attached hydrogen (secondary N) is 1. The molecule has 1 saturated carbocycles. The predicted octanol–water partition coefficient (Wildman–Crippen LogP) is 6.09. The van der Waals surface area contributed by atoms with E-state index in [1.807, 2.05) is 6.07 Å². The van der Waals surface area contributed by atoms with Crippen LogP contribution in [0.3, 0.4) is 0 Å². The van der Waals surface area contributed by atoms with Crippen LogP contribution in [0, 0.1) is 11.6 Å². The lowest BCUT2D eigenvalue weighted by molar-refractivity contribution is 0.431. The first kappa shape index (κ1) is 16.3. The van der Waals surface area contributed by atoms with E-state index in [4.69, 9.17) is 4.52 Å². The van der Waals surface area contributed by atoms with Crippen LogP contribution in [0.2, 0.25) is 0 Å². The van der Waals surface area contributed by atoms with Gasteiger partial charge in [-0.3, -0.25) is 0 Å². The molecule has 26 heavy (non-hydrogen) atoms. The number of hydrogen-bond donors (Lipinski definition) is 1. The van der Waals surface area contributed by atoms with Crippen molar-refractivity contribution in [3.05, 3.63) is 63.6 Å². The van der Waals surface area contributed by atoms with Crippen LogP contribution < -0.4 is 4.72 Å². The van der Waals surface area contributed by atoms with Crippen molar-refractivity contribution in [2.24, 2.45) is 0 Å². The second-order valence-electron chi connectivity index (χ2n) is 6.74. The zero-order chi connectivity index (χ0) is 17.9. The zero-order valence-electron chi connectivity index (χ0n) is 13.5. The fraction of sp³-hybridized carbons (Fsp3) is 0.211.